The number of anilines is 1. The van der Waals surface area contributed by atoms with Gasteiger partial charge < -0.3 is 19.1 Å². The van der Waals surface area contributed by atoms with Crippen LogP contribution in [0.1, 0.15) is 24.1 Å². The number of hydrogen-bond acceptors (Lipinski definition) is 6. The summed E-state index contributed by atoms with van der Waals surface area (Å²) in [4.78, 5) is 18.6. The zero-order chi connectivity index (χ0) is 20.9. The number of nitriles is 1. The first kappa shape index (κ1) is 19.7. The first-order chi connectivity index (χ1) is 14.6. The maximum absolute atomic E-state index is 13.2. The number of benzene rings is 1. The summed E-state index contributed by atoms with van der Waals surface area (Å²) in [5.74, 6) is 0.765. The lowest BCUT2D eigenvalue weighted by molar-refractivity contribution is -0.125. The van der Waals surface area contributed by atoms with Crippen molar-refractivity contribution in [1.82, 2.24) is 10.3 Å². The zero-order valence-electron chi connectivity index (χ0n) is 16.3. The Bertz CT molecular complexity index is 1050. The lowest BCUT2D eigenvalue weighted by atomic mass is 9.96. The highest BCUT2D eigenvalue weighted by Crippen LogP contribution is 2.31. The maximum atomic E-state index is 13.2. The molecule has 1 amide bonds. The van der Waals surface area contributed by atoms with Crippen LogP contribution in [0.15, 0.2) is 51.5 Å². The van der Waals surface area contributed by atoms with Gasteiger partial charge in [-0.1, -0.05) is 12.1 Å². The predicted octanol–water partition coefficient (Wildman–Crippen LogP) is 3.52. The van der Waals surface area contributed by atoms with E-state index in [0.717, 1.165) is 5.56 Å². The van der Waals surface area contributed by atoms with Crippen LogP contribution in [-0.2, 0) is 11.2 Å². The van der Waals surface area contributed by atoms with Gasteiger partial charge in [0.1, 0.15) is 11.9 Å². The second-order valence-corrected chi connectivity index (χ2v) is 7.19. The lowest BCUT2D eigenvalue weighted by Crippen LogP contribution is -2.41. The Labute approximate surface area is 173 Å². The molecular weight excluding hydrogens is 387 g/mol. The number of hydrogen-bond donors (Lipinski definition) is 1. The molecule has 1 aromatic carbocycles. The van der Waals surface area contributed by atoms with Crippen molar-refractivity contribution in [3.05, 3.63) is 59.7 Å². The van der Waals surface area contributed by atoms with Crippen LogP contribution in [0.3, 0.4) is 0 Å². The molecule has 1 fully saturated rings. The van der Waals surface area contributed by atoms with Gasteiger partial charge in [-0.15, -0.1) is 0 Å². The smallest absolute Gasteiger partial charge is 0.266 e. The average Bonchev–Trinajstić information content (AvgIpc) is 3.43. The van der Waals surface area contributed by atoms with E-state index in [4.69, 9.17) is 8.83 Å². The number of carbonyl (C=O) groups excluding carboxylic acids is 1. The van der Waals surface area contributed by atoms with Crippen molar-refractivity contribution in [2.75, 3.05) is 24.5 Å². The third-order valence-electron chi connectivity index (χ3n) is 5.20. The van der Waals surface area contributed by atoms with Crippen LogP contribution in [0.4, 0.5) is 10.3 Å². The van der Waals surface area contributed by atoms with Crippen molar-refractivity contribution in [1.29, 1.82) is 5.26 Å². The highest BCUT2D eigenvalue weighted by atomic mass is 19.1. The molecule has 4 rings (SSSR count). The third kappa shape index (κ3) is 4.35. The number of furan rings is 1. The number of nitrogens with one attached hydrogen (secondary N) is 1. The molecule has 0 aliphatic carbocycles. The summed E-state index contributed by atoms with van der Waals surface area (Å²) in [5.41, 5.74) is 1.06. The van der Waals surface area contributed by atoms with Crippen LogP contribution < -0.4 is 10.2 Å². The number of carbonyl (C=O) groups is 1. The summed E-state index contributed by atoms with van der Waals surface area (Å²) in [6.45, 7) is 1.64. The highest BCUT2D eigenvalue weighted by Gasteiger charge is 2.29. The van der Waals surface area contributed by atoms with Crippen molar-refractivity contribution in [2.24, 2.45) is 5.92 Å². The molecule has 7 nitrogen and oxygen atoms in total. The summed E-state index contributed by atoms with van der Waals surface area (Å²) in [7, 11) is 0. The molecule has 2 aromatic heterocycles. The van der Waals surface area contributed by atoms with E-state index in [9.17, 15) is 14.4 Å². The Morgan fingerprint density at radius 2 is 2.13 bits per heavy atom. The minimum atomic E-state index is -0.273. The Morgan fingerprint density at radius 3 is 2.83 bits per heavy atom. The van der Waals surface area contributed by atoms with Gasteiger partial charge in [-0.05, 0) is 49.1 Å². The molecule has 0 spiro atoms. The van der Waals surface area contributed by atoms with Gasteiger partial charge in [-0.25, -0.2) is 4.39 Å². The van der Waals surface area contributed by atoms with Gasteiger partial charge in [0.2, 0.25) is 17.5 Å². The van der Waals surface area contributed by atoms with Crippen molar-refractivity contribution >= 4 is 11.8 Å². The molecular formula is C22H21FN4O3. The molecule has 30 heavy (non-hydrogen) atoms. The van der Waals surface area contributed by atoms with Gasteiger partial charge >= 0.3 is 0 Å². The number of aromatic nitrogens is 1. The molecule has 3 heterocycles. The SMILES string of the molecule is N#Cc1nc(-c2ccco2)oc1N1CCC(C(=O)NCCc2cccc(F)c2)CC1. The second kappa shape index (κ2) is 8.82. The normalized spacial score (nSPS) is 14.5. The van der Waals surface area contributed by atoms with Crippen LogP contribution in [0.5, 0.6) is 0 Å². The van der Waals surface area contributed by atoms with E-state index in [1.54, 1.807) is 18.2 Å². The van der Waals surface area contributed by atoms with Gasteiger partial charge in [0.15, 0.2) is 5.76 Å². The predicted molar refractivity (Wildman–Crippen MR) is 107 cm³/mol. The molecule has 0 bridgehead atoms. The third-order valence-corrected chi connectivity index (χ3v) is 5.20. The molecule has 0 saturated carbocycles. The van der Waals surface area contributed by atoms with Crippen molar-refractivity contribution in [3.8, 4) is 17.7 Å². The van der Waals surface area contributed by atoms with E-state index in [0.29, 0.717) is 50.5 Å². The summed E-state index contributed by atoms with van der Waals surface area (Å²) < 4.78 is 24.3. The maximum Gasteiger partial charge on any atom is 0.266 e. The number of rotatable bonds is 6. The minimum Gasteiger partial charge on any atom is -0.459 e. The highest BCUT2D eigenvalue weighted by molar-refractivity contribution is 5.79. The molecule has 1 saturated heterocycles. The van der Waals surface area contributed by atoms with Crippen molar-refractivity contribution in [3.63, 3.8) is 0 Å². The molecule has 8 heteroatoms. The molecule has 154 valence electrons. The lowest BCUT2D eigenvalue weighted by Gasteiger charge is -2.30. The number of nitrogens with zero attached hydrogens (tertiary/aromatic N) is 3. The monoisotopic (exact) mass is 408 g/mol. The number of oxazole rings is 1. The van der Waals surface area contributed by atoms with E-state index in [1.807, 2.05) is 11.0 Å². The number of piperidine rings is 1. The van der Waals surface area contributed by atoms with Crippen LogP contribution in [-0.4, -0.2) is 30.5 Å². The van der Waals surface area contributed by atoms with Crippen molar-refractivity contribution < 1.29 is 18.0 Å². The average molecular weight is 408 g/mol. The van der Waals surface area contributed by atoms with E-state index in [-0.39, 0.29) is 29.2 Å². The minimum absolute atomic E-state index is 0.000374. The zero-order valence-corrected chi connectivity index (χ0v) is 16.3. The first-order valence-corrected chi connectivity index (χ1v) is 9.86. The Morgan fingerprint density at radius 1 is 1.30 bits per heavy atom. The molecule has 3 aromatic rings. The molecule has 1 aliphatic rings. The Kier molecular flexibility index (Phi) is 5.80. The van der Waals surface area contributed by atoms with Gasteiger partial charge in [-0.3, -0.25) is 4.79 Å². The van der Waals surface area contributed by atoms with E-state index >= 15 is 0 Å². The number of halogens is 1. The van der Waals surface area contributed by atoms with Crippen molar-refractivity contribution in [2.45, 2.75) is 19.3 Å². The topological polar surface area (TPSA) is 95.3 Å². The summed E-state index contributed by atoms with van der Waals surface area (Å²) in [6, 6.07) is 11.9. The van der Waals surface area contributed by atoms with Crippen LogP contribution in [0, 0.1) is 23.1 Å². The quantitative estimate of drug-likeness (QED) is 0.671. The van der Waals surface area contributed by atoms with Crippen LogP contribution in [0.25, 0.3) is 11.7 Å². The van der Waals surface area contributed by atoms with E-state index < -0.39 is 0 Å². The van der Waals surface area contributed by atoms with Crippen LogP contribution in [0.2, 0.25) is 0 Å². The molecule has 1 N–H and O–H groups in total. The Hall–Kier alpha value is -3.60. The molecule has 0 radical (unpaired) electrons. The Balaban J connectivity index is 1.30. The fourth-order valence-electron chi connectivity index (χ4n) is 3.62. The summed E-state index contributed by atoms with van der Waals surface area (Å²) in [6.07, 6.45) is 3.39. The molecule has 0 unspecified atom stereocenters. The second-order valence-electron chi connectivity index (χ2n) is 7.19. The van der Waals surface area contributed by atoms with Crippen LogP contribution >= 0.6 is 0 Å². The molecule has 1 aliphatic heterocycles. The summed E-state index contributed by atoms with van der Waals surface area (Å²) >= 11 is 0. The van der Waals surface area contributed by atoms with Gasteiger partial charge in [-0.2, -0.15) is 10.2 Å². The van der Waals surface area contributed by atoms with Gasteiger partial charge in [0, 0.05) is 25.6 Å². The molecule has 0 atom stereocenters. The fraction of sp³-hybridized carbons (Fsp3) is 0.318. The van der Waals surface area contributed by atoms with Gasteiger partial charge in [0.25, 0.3) is 5.89 Å². The van der Waals surface area contributed by atoms with Gasteiger partial charge in [0.05, 0.1) is 6.26 Å². The standard InChI is InChI=1S/C22H21FN4O3/c23-17-4-1-3-15(13-17)6-9-25-20(28)16-7-10-27(11-8-16)22-18(14-24)26-21(30-22)19-5-2-12-29-19/h1-5,12-13,16H,6-11H2,(H,25,28). The summed E-state index contributed by atoms with van der Waals surface area (Å²) in [5, 5.41) is 12.3. The largest absolute Gasteiger partial charge is 0.459 e. The van der Waals surface area contributed by atoms with E-state index in [1.165, 1.54) is 18.4 Å². The first-order valence-electron chi connectivity index (χ1n) is 9.86. The number of amides is 1. The van der Waals surface area contributed by atoms with E-state index in [2.05, 4.69) is 16.4 Å². The fourth-order valence-corrected chi connectivity index (χ4v) is 3.62.